The zero-order valence-electron chi connectivity index (χ0n) is 20.8. The van der Waals surface area contributed by atoms with Crippen molar-refractivity contribution in [2.75, 3.05) is 16.4 Å². The average Bonchev–Trinajstić information content (AvgIpc) is 2.94. The second kappa shape index (κ2) is 14.1. The van der Waals surface area contributed by atoms with Gasteiger partial charge in [-0.15, -0.1) is 11.8 Å². The molecule has 0 heterocycles. The fourth-order valence-corrected chi connectivity index (χ4v) is 4.80. The van der Waals surface area contributed by atoms with E-state index < -0.39 is 11.8 Å². The summed E-state index contributed by atoms with van der Waals surface area (Å²) in [7, 11) is 0. The highest BCUT2D eigenvalue weighted by Gasteiger charge is 2.16. The van der Waals surface area contributed by atoms with E-state index in [4.69, 9.17) is 34.8 Å². The smallest absolute Gasteiger partial charge is 0.272 e. The molecule has 4 rings (SSSR count). The average molecular weight is 611 g/mol. The number of hydrogen-bond donors (Lipinski definition) is 3. The lowest BCUT2D eigenvalue weighted by Gasteiger charge is -2.13. The van der Waals surface area contributed by atoms with Crippen LogP contribution >= 0.6 is 46.6 Å². The van der Waals surface area contributed by atoms with E-state index in [2.05, 4.69) is 16.0 Å². The Bertz CT molecular complexity index is 1560. The van der Waals surface area contributed by atoms with Gasteiger partial charge < -0.3 is 16.0 Å². The van der Waals surface area contributed by atoms with Gasteiger partial charge in [0.1, 0.15) is 5.70 Å². The van der Waals surface area contributed by atoms with Gasteiger partial charge in [0, 0.05) is 36.9 Å². The van der Waals surface area contributed by atoms with Crippen molar-refractivity contribution < 1.29 is 14.4 Å². The molecule has 0 saturated heterocycles. The van der Waals surface area contributed by atoms with Crippen molar-refractivity contribution in [3.05, 3.63) is 129 Å². The molecule has 10 heteroatoms. The van der Waals surface area contributed by atoms with E-state index in [1.807, 2.05) is 6.07 Å². The normalized spacial score (nSPS) is 11.0. The summed E-state index contributed by atoms with van der Waals surface area (Å²) in [5, 5.41) is 9.64. The van der Waals surface area contributed by atoms with E-state index in [-0.39, 0.29) is 17.4 Å². The predicted octanol–water partition coefficient (Wildman–Crippen LogP) is 7.79. The summed E-state index contributed by atoms with van der Waals surface area (Å²) >= 11 is 19.5. The molecule has 6 nitrogen and oxygen atoms in total. The topological polar surface area (TPSA) is 87.3 Å². The van der Waals surface area contributed by atoms with Crippen LogP contribution in [0.4, 0.5) is 11.4 Å². The van der Waals surface area contributed by atoms with Gasteiger partial charge in [-0.05, 0) is 78.4 Å². The van der Waals surface area contributed by atoms with Crippen LogP contribution < -0.4 is 16.0 Å². The minimum absolute atomic E-state index is 0.0153. The maximum atomic E-state index is 13.3. The van der Waals surface area contributed by atoms with Gasteiger partial charge in [-0.1, -0.05) is 65.1 Å². The van der Waals surface area contributed by atoms with E-state index in [0.29, 0.717) is 37.6 Å². The molecule has 4 aromatic carbocycles. The van der Waals surface area contributed by atoms with E-state index in [1.165, 1.54) is 17.8 Å². The van der Waals surface area contributed by atoms with Crippen molar-refractivity contribution in [2.45, 2.75) is 4.90 Å². The van der Waals surface area contributed by atoms with E-state index in [0.717, 1.165) is 4.90 Å². The number of hydrogen-bond acceptors (Lipinski definition) is 4. The van der Waals surface area contributed by atoms with Crippen LogP contribution in [-0.2, 0) is 9.59 Å². The molecule has 0 aliphatic rings. The van der Waals surface area contributed by atoms with Crippen molar-refractivity contribution >= 4 is 81.7 Å². The van der Waals surface area contributed by atoms with Crippen molar-refractivity contribution in [2.24, 2.45) is 0 Å². The first-order valence-electron chi connectivity index (χ1n) is 11.9. The third-order valence-electron chi connectivity index (χ3n) is 5.38. The minimum atomic E-state index is -0.557. The van der Waals surface area contributed by atoms with Gasteiger partial charge in [-0.25, -0.2) is 0 Å². The Morgan fingerprint density at radius 2 is 1.45 bits per heavy atom. The summed E-state index contributed by atoms with van der Waals surface area (Å²) in [5.41, 5.74) is 2.00. The molecular formula is C30H22Cl3N3O3S. The summed E-state index contributed by atoms with van der Waals surface area (Å²) in [6, 6.07) is 27.3. The van der Waals surface area contributed by atoms with Crippen LogP contribution in [0.1, 0.15) is 15.9 Å². The largest absolute Gasteiger partial charge is 0.325 e. The molecule has 202 valence electrons. The lowest BCUT2D eigenvalue weighted by Crippen LogP contribution is -2.30. The number of benzene rings is 4. The molecule has 0 unspecified atom stereocenters. The molecule has 0 spiro atoms. The van der Waals surface area contributed by atoms with Crippen LogP contribution in [0.25, 0.3) is 6.08 Å². The highest BCUT2D eigenvalue weighted by atomic mass is 35.5. The van der Waals surface area contributed by atoms with Crippen LogP contribution in [0, 0.1) is 0 Å². The third-order valence-corrected chi connectivity index (χ3v) is 7.19. The summed E-state index contributed by atoms with van der Waals surface area (Å²) < 4.78 is 0. The standard InChI is InChI=1S/C30H22Cl3N3O3S/c31-21-11-13-23(14-12-21)34-28(37)18-40-25-8-4-7-24(17-25)35-30(39)27(15-20-9-10-22(32)16-26(20)33)36-29(38)19-5-2-1-3-6-19/h1-17H,18H2,(H,34,37)(H,35,39)(H,36,38)/b27-15+. The maximum Gasteiger partial charge on any atom is 0.272 e. The van der Waals surface area contributed by atoms with Crippen molar-refractivity contribution in [3.8, 4) is 0 Å². The van der Waals surface area contributed by atoms with E-state index in [9.17, 15) is 14.4 Å². The van der Waals surface area contributed by atoms with Crippen LogP contribution in [0.3, 0.4) is 0 Å². The number of rotatable bonds is 9. The van der Waals surface area contributed by atoms with Gasteiger partial charge in [0.05, 0.1) is 5.75 Å². The van der Waals surface area contributed by atoms with Gasteiger partial charge in [0.15, 0.2) is 0 Å². The first-order chi connectivity index (χ1) is 19.3. The molecule has 0 aromatic heterocycles. The predicted molar refractivity (Wildman–Crippen MR) is 164 cm³/mol. The highest BCUT2D eigenvalue weighted by molar-refractivity contribution is 8.00. The lowest BCUT2D eigenvalue weighted by atomic mass is 10.1. The van der Waals surface area contributed by atoms with Crippen molar-refractivity contribution in [1.29, 1.82) is 0 Å². The van der Waals surface area contributed by atoms with Crippen molar-refractivity contribution in [3.63, 3.8) is 0 Å². The number of carbonyl (C=O) groups excluding carboxylic acids is 3. The number of carbonyl (C=O) groups is 3. The number of anilines is 2. The van der Waals surface area contributed by atoms with Crippen molar-refractivity contribution in [1.82, 2.24) is 5.32 Å². The minimum Gasteiger partial charge on any atom is -0.325 e. The molecule has 0 fully saturated rings. The summed E-state index contributed by atoms with van der Waals surface area (Å²) in [6.07, 6.45) is 1.48. The zero-order chi connectivity index (χ0) is 28.5. The van der Waals surface area contributed by atoms with Gasteiger partial charge in [0.25, 0.3) is 11.8 Å². The molecule has 0 radical (unpaired) electrons. The van der Waals surface area contributed by atoms with Crippen LogP contribution in [-0.4, -0.2) is 23.5 Å². The van der Waals surface area contributed by atoms with Crippen LogP contribution in [0.5, 0.6) is 0 Å². The molecule has 0 atom stereocenters. The first-order valence-corrected chi connectivity index (χ1v) is 14.0. The van der Waals surface area contributed by atoms with Gasteiger partial charge >= 0.3 is 0 Å². The molecule has 3 amide bonds. The fraction of sp³-hybridized carbons (Fsp3) is 0.0333. The third kappa shape index (κ3) is 8.63. The molecule has 0 bridgehead atoms. The van der Waals surface area contributed by atoms with Gasteiger partial charge in [-0.3, -0.25) is 14.4 Å². The Labute approximate surface area is 250 Å². The Morgan fingerprint density at radius 1 is 0.725 bits per heavy atom. The Morgan fingerprint density at radius 3 is 2.17 bits per heavy atom. The second-order valence-electron chi connectivity index (χ2n) is 8.37. The number of nitrogens with one attached hydrogen (secondary N) is 3. The Balaban J connectivity index is 1.47. The Kier molecular flexibility index (Phi) is 10.3. The second-order valence-corrected chi connectivity index (χ2v) is 10.7. The number of thioether (sulfide) groups is 1. The summed E-state index contributed by atoms with van der Waals surface area (Å²) in [6.45, 7) is 0. The van der Waals surface area contributed by atoms with E-state index in [1.54, 1.807) is 91.0 Å². The zero-order valence-corrected chi connectivity index (χ0v) is 23.9. The highest BCUT2D eigenvalue weighted by Crippen LogP contribution is 2.25. The molecule has 40 heavy (non-hydrogen) atoms. The molecule has 0 aliphatic carbocycles. The molecular weight excluding hydrogens is 589 g/mol. The van der Waals surface area contributed by atoms with E-state index >= 15 is 0 Å². The van der Waals surface area contributed by atoms with Gasteiger partial charge in [0.2, 0.25) is 5.91 Å². The monoisotopic (exact) mass is 609 g/mol. The quantitative estimate of drug-likeness (QED) is 0.133. The molecule has 0 aliphatic heterocycles. The number of halogens is 3. The summed E-state index contributed by atoms with van der Waals surface area (Å²) in [4.78, 5) is 39.3. The molecule has 4 aromatic rings. The fourth-order valence-electron chi connectivity index (χ4n) is 3.46. The Hall–Kier alpha value is -3.75. The SMILES string of the molecule is O=C(CSc1cccc(NC(=O)/C(=C\c2ccc(Cl)cc2Cl)NC(=O)c2ccccc2)c1)Nc1ccc(Cl)cc1. The van der Waals surface area contributed by atoms with Crippen LogP contribution in [0.2, 0.25) is 15.1 Å². The van der Waals surface area contributed by atoms with Crippen LogP contribution in [0.15, 0.2) is 108 Å². The first kappa shape index (κ1) is 29.2. The number of amides is 3. The molecule has 0 saturated carbocycles. The lowest BCUT2D eigenvalue weighted by molar-refractivity contribution is -0.114. The van der Waals surface area contributed by atoms with Gasteiger partial charge in [-0.2, -0.15) is 0 Å². The molecule has 3 N–H and O–H groups in total. The summed E-state index contributed by atoms with van der Waals surface area (Å²) in [5.74, 6) is -1.04. The maximum absolute atomic E-state index is 13.3.